The van der Waals surface area contributed by atoms with Crippen LogP contribution in [0.15, 0.2) is 29.4 Å². The number of benzene rings is 1. The van der Waals surface area contributed by atoms with Crippen molar-refractivity contribution in [2.75, 3.05) is 11.9 Å². The van der Waals surface area contributed by atoms with Gasteiger partial charge in [-0.1, -0.05) is 12.1 Å². The fourth-order valence-electron chi connectivity index (χ4n) is 2.39. The number of nitrogens with zero attached hydrogens (tertiary/aromatic N) is 3. The second-order valence-electron chi connectivity index (χ2n) is 5.25. The molecule has 1 amide bonds. The molecule has 120 valence electrons. The Morgan fingerprint density at radius 3 is 2.96 bits per heavy atom. The number of rotatable bonds is 4. The molecule has 0 unspecified atom stereocenters. The van der Waals surface area contributed by atoms with Gasteiger partial charge in [0.1, 0.15) is 6.10 Å². The molecular weight excluding hydrogens is 314 g/mol. The molecule has 8 heteroatoms. The van der Waals surface area contributed by atoms with E-state index >= 15 is 0 Å². The predicted octanol–water partition coefficient (Wildman–Crippen LogP) is 2.63. The molecule has 1 atom stereocenters. The molecule has 2 heterocycles. The van der Waals surface area contributed by atoms with Gasteiger partial charge in [0.25, 0.3) is 0 Å². The highest BCUT2D eigenvalue weighted by atomic mass is 32.1. The van der Waals surface area contributed by atoms with E-state index in [0.717, 1.165) is 30.7 Å². The predicted molar refractivity (Wildman–Crippen MR) is 89.1 cm³/mol. The number of amides is 1. The normalized spacial score (nSPS) is 17.7. The van der Waals surface area contributed by atoms with Crippen molar-refractivity contribution in [1.29, 1.82) is 0 Å². The number of anilines is 1. The van der Waals surface area contributed by atoms with Crippen LogP contribution in [-0.2, 0) is 9.53 Å². The molecule has 0 saturated carbocycles. The maximum Gasteiger partial charge on any atom is 0.221 e. The SMILES string of the molecule is CC(=O)Nc1ccc(/C=N\n2c([C@@H]3CCCO3)n[nH]c2=S)cc1. The average molecular weight is 331 g/mol. The second-order valence-corrected chi connectivity index (χ2v) is 5.63. The molecule has 0 spiro atoms. The second kappa shape index (κ2) is 6.84. The van der Waals surface area contributed by atoms with Crippen LogP contribution < -0.4 is 5.32 Å². The van der Waals surface area contributed by atoms with Crippen molar-refractivity contribution >= 4 is 30.0 Å². The molecule has 7 nitrogen and oxygen atoms in total. The Balaban J connectivity index is 1.78. The number of hydrogen-bond acceptors (Lipinski definition) is 5. The molecule has 0 radical (unpaired) electrons. The highest BCUT2D eigenvalue weighted by Crippen LogP contribution is 2.26. The number of carbonyl (C=O) groups excluding carboxylic acids is 1. The third-order valence-electron chi connectivity index (χ3n) is 3.45. The minimum Gasteiger partial charge on any atom is -0.370 e. The summed E-state index contributed by atoms with van der Waals surface area (Å²) < 4.78 is 7.66. The van der Waals surface area contributed by atoms with Crippen LogP contribution in [0.25, 0.3) is 0 Å². The van der Waals surface area contributed by atoms with E-state index in [2.05, 4.69) is 20.6 Å². The summed E-state index contributed by atoms with van der Waals surface area (Å²) in [6, 6.07) is 7.37. The van der Waals surface area contributed by atoms with Crippen molar-refractivity contribution in [3.05, 3.63) is 40.4 Å². The van der Waals surface area contributed by atoms with E-state index in [1.807, 2.05) is 24.3 Å². The van der Waals surface area contributed by atoms with E-state index in [4.69, 9.17) is 17.0 Å². The minimum absolute atomic E-state index is 0.0674. The summed E-state index contributed by atoms with van der Waals surface area (Å²) in [5.41, 5.74) is 1.63. The van der Waals surface area contributed by atoms with Crippen molar-refractivity contribution in [2.24, 2.45) is 5.10 Å². The zero-order chi connectivity index (χ0) is 16.2. The monoisotopic (exact) mass is 331 g/mol. The van der Waals surface area contributed by atoms with Gasteiger partial charge in [-0.2, -0.15) is 14.9 Å². The van der Waals surface area contributed by atoms with Crippen LogP contribution in [0.2, 0.25) is 0 Å². The van der Waals surface area contributed by atoms with E-state index in [1.54, 1.807) is 10.9 Å². The van der Waals surface area contributed by atoms with Gasteiger partial charge in [-0.25, -0.2) is 0 Å². The van der Waals surface area contributed by atoms with Crippen molar-refractivity contribution in [3.8, 4) is 0 Å². The molecule has 1 fully saturated rings. The third kappa shape index (κ3) is 3.72. The van der Waals surface area contributed by atoms with Crippen molar-refractivity contribution < 1.29 is 9.53 Å². The molecule has 1 saturated heterocycles. The molecule has 1 aromatic carbocycles. The molecule has 3 rings (SSSR count). The smallest absolute Gasteiger partial charge is 0.221 e. The highest BCUT2D eigenvalue weighted by Gasteiger charge is 2.23. The van der Waals surface area contributed by atoms with Crippen LogP contribution in [0.1, 0.15) is 37.3 Å². The maximum atomic E-state index is 11.0. The van der Waals surface area contributed by atoms with Gasteiger partial charge in [0, 0.05) is 19.2 Å². The maximum absolute atomic E-state index is 11.0. The Morgan fingerprint density at radius 1 is 1.52 bits per heavy atom. The van der Waals surface area contributed by atoms with Gasteiger partial charge < -0.3 is 10.1 Å². The zero-order valence-corrected chi connectivity index (χ0v) is 13.5. The molecule has 0 bridgehead atoms. The fraction of sp³-hybridized carbons (Fsp3) is 0.333. The van der Waals surface area contributed by atoms with Crippen molar-refractivity contribution in [3.63, 3.8) is 0 Å². The largest absolute Gasteiger partial charge is 0.370 e. The summed E-state index contributed by atoms with van der Waals surface area (Å²) in [6.07, 6.45) is 3.56. The van der Waals surface area contributed by atoms with Crippen LogP contribution in [0, 0.1) is 4.77 Å². The Kier molecular flexibility index (Phi) is 4.63. The number of ether oxygens (including phenoxy) is 1. The Labute approximate surface area is 138 Å². The lowest BCUT2D eigenvalue weighted by Crippen LogP contribution is -2.06. The van der Waals surface area contributed by atoms with E-state index < -0.39 is 0 Å². The quantitative estimate of drug-likeness (QED) is 0.666. The van der Waals surface area contributed by atoms with Gasteiger partial charge in [-0.05, 0) is 42.8 Å². The number of aromatic nitrogens is 3. The van der Waals surface area contributed by atoms with Crippen LogP contribution in [0.4, 0.5) is 5.69 Å². The van der Waals surface area contributed by atoms with Crippen molar-refractivity contribution in [1.82, 2.24) is 14.9 Å². The zero-order valence-electron chi connectivity index (χ0n) is 12.7. The van der Waals surface area contributed by atoms with Gasteiger partial charge in [-0.15, -0.1) is 0 Å². The molecule has 0 aliphatic carbocycles. The van der Waals surface area contributed by atoms with Gasteiger partial charge in [-0.3, -0.25) is 9.89 Å². The van der Waals surface area contributed by atoms with Gasteiger partial charge in [0.2, 0.25) is 10.7 Å². The number of hydrogen-bond donors (Lipinski definition) is 2. The van der Waals surface area contributed by atoms with E-state index in [0.29, 0.717) is 10.6 Å². The van der Waals surface area contributed by atoms with Crippen molar-refractivity contribution in [2.45, 2.75) is 25.9 Å². The molecular formula is C15H17N5O2S. The molecule has 1 aliphatic rings. The van der Waals surface area contributed by atoms with E-state index in [9.17, 15) is 4.79 Å². The number of H-pyrrole nitrogens is 1. The first-order valence-corrected chi connectivity index (χ1v) is 7.75. The summed E-state index contributed by atoms with van der Waals surface area (Å²) in [5.74, 6) is 0.593. The standard InChI is InChI=1S/C15H17N5O2S/c1-10(21)17-12-6-4-11(5-7-12)9-16-20-14(18-19-15(20)23)13-3-2-8-22-13/h4-7,9,13H,2-3,8H2,1H3,(H,17,21)(H,19,23)/b16-9-/t13-/m0/s1. The van der Waals surface area contributed by atoms with Crippen LogP contribution in [-0.4, -0.2) is 33.6 Å². The fourth-order valence-corrected chi connectivity index (χ4v) is 2.57. The lowest BCUT2D eigenvalue weighted by atomic mass is 10.2. The Hall–Kier alpha value is -2.32. The van der Waals surface area contributed by atoms with Gasteiger partial charge in [0.05, 0.1) is 6.21 Å². The summed E-state index contributed by atoms with van der Waals surface area (Å²) in [5, 5.41) is 14.1. The number of carbonyl (C=O) groups is 1. The Bertz CT molecular complexity index is 772. The third-order valence-corrected chi connectivity index (χ3v) is 3.71. The first-order chi connectivity index (χ1) is 11.1. The summed E-state index contributed by atoms with van der Waals surface area (Å²) in [7, 11) is 0. The Morgan fingerprint density at radius 2 is 2.30 bits per heavy atom. The molecule has 1 aliphatic heterocycles. The minimum atomic E-state index is -0.0997. The highest BCUT2D eigenvalue weighted by molar-refractivity contribution is 7.71. The molecule has 2 aromatic rings. The van der Waals surface area contributed by atoms with Crippen LogP contribution in [0.3, 0.4) is 0 Å². The summed E-state index contributed by atoms with van der Waals surface area (Å²) >= 11 is 5.22. The van der Waals surface area contributed by atoms with Crippen LogP contribution in [0.5, 0.6) is 0 Å². The molecule has 1 aromatic heterocycles. The lowest BCUT2D eigenvalue weighted by molar-refractivity contribution is -0.114. The van der Waals surface area contributed by atoms with E-state index in [-0.39, 0.29) is 12.0 Å². The first-order valence-electron chi connectivity index (χ1n) is 7.34. The summed E-state index contributed by atoms with van der Waals surface area (Å²) in [4.78, 5) is 11.0. The summed E-state index contributed by atoms with van der Waals surface area (Å²) in [6.45, 7) is 2.21. The van der Waals surface area contributed by atoms with Crippen LogP contribution >= 0.6 is 12.2 Å². The number of aromatic amines is 1. The first kappa shape index (κ1) is 15.6. The van der Waals surface area contributed by atoms with E-state index in [1.165, 1.54) is 6.92 Å². The average Bonchev–Trinajstić information content (AvgIpc) is 3.16. The number of nitrogens with one attached hydrogen (secondary N) is 2. The van der Waals surface area contributed by atoms with Gasteiger partial charge in [0.15, 0.2) is 5.82 Å². The lowest BCUT2D eigenvalue weighted by Gasteiger charge is -2.07. The molecule has 23 heavy (non-hydrogen) atoms. The topological polar surface area (TPSA) is 84.3 Å². The van der Waals surface area contributed by atoms with Gasteiger partial charge >= 0.3 is 0 Å². The molecule has 2 N–H and O–H groups in total.